The highest BCUT2D eigenvalue weighted by Crippen LogP contribution is 2.40. The average molecular weight is 366 g/mol. The first-order valence-corrected chi connectivity index (χ1v) is 8.63. The molecular formula is C21H16F2N2O2. The van der Waals surface area contributed by atoms with E-state index in [-0.39, 0.29) is 16.8 Å². The van der Waals surface area contributed by atoms with Gasteiger partial charge in [0.15, 0.2) is 11.6 Å². The number of nitrogens with zero attached hydrogens (tertiary/aromatic N) is 2. The van der Waals surface area contributed by atoms with Gasteiger partial charge in [-0.1, -0.05) is 18.2 Å². The van der Waals surface area contributed by atoms with Crippen molar-refractivity contribution in [2.24, 2.45) is 0 Å². The van der Waals surface area contributed by atoms with Gasteiger partial charge in [-0.05, 0) is 54.0 Å². The molecule has 0 spiro atoms. The summed E-state index contributed by atoms with van der Waals surface area (Å²) in [7, 11) is 0. The van der Waals surface area contributed by atoms with Gasteiger partial charge in [0.05, 0.1) is 29.2 Å². The maximum absolute atomic E-state index is 13.8. The lowest BCUT2D eigenvalue weighted by Gasteiger charge is -2.10. The lowest BCUT2D eigenvalue weighted by Crippen LogP contribution is -2.04. The summed E-state index contributed by atoms with van der Waals surface area (Å²) in [5, 5.41) is 9.52. The molecule has 4 nitrogen and oxygen atoms in total. The SMILES string of the molecule is O=C(O)c1cc(C2CC2)ccc1Cc1ccc(-c2c(F)cncc2F)nc1. The average Bonchev–Trinajstić information content (AvgIpc) is 3.48. The maximum atomic E-state index is 13.8. The van der Waals surface area contributed by atoms with Gasteiger partial charge in [-0.25, -0.2) is 13.6 Å². The van der Waals surface area contributed by atoms with Gasteiger partial charge in [-0.3, -0.25) is 9.97 Å². The van der Waals surface area contributed by atoms with Crippen LogP contribution in [0.25, 0.3) is 11.3 Å². The van der Waals surface area contributed by atoms with Crippen LogP contribution in [0.1, 0.15) is 45.8 Å². The highest BCUT2D eigenvalue weighted by molar-refractivity contribution is 5.89. The highest BCUT2D eigenvalue weighted by Gasteiger charge is 2.25. The first-order chi connectivity index (χ1) is 13.0. The van der Waals surface area contributed by atoms with E-state index in [4.69, 9.17) is 0 Å². The number of rotatable bonds is 5. The summed E-state index contributed by atoms with van der Waals surface area (Å²) in [6.07, 6.45) is 5.97. The van der Waals surface area contributed by atoms with Crippen molar-refractivity contribution in [3.8, 4) is 11.3 Å². The van der Waals surface area contributed by atoms with Gasteiger partial charge in [0.25, 0.3) is 0 Å². The summed E-state index contributed by atoms with van der Waals surface area (Å²) < 4.78 is 27.7. The molecule has 0 atom stereocenters. The van der Waals surface area contributed by atoms with Crippen LogP contribution in [0.5, 0.6) is 0 Å². The van der Waals surface area contributed by atoms with Crippen LogP contribution in [0.2, 0.25) is 0 Å². The molecular weight excluding hydrogens is 350 g/mol. The van der Waals surface area contributed by atoms with Crippen molar-refractivity contribution in [1.29, 1.82) is 0 Å². The molecule has 6 heteroatoms. The number of halogens is 2. The topological polar surface area (TPSA) is 63.1 Å². The Labute approximate surface area is 154 Å². The van der Waals surface area contributed by atoms with Crippen molar-refractivity contribution in [3.63, 3.8) is 0 Å². The minimum atomic E-state index is -0.960. The molecule has 1 aliphatic rings. The Morgan fingerprint density at radius 2 is 1.81 bits per heavy atom. The fraction of sp³-hybridized carbons (Fsp3) is 0.190. The molecule has 1 saturated carbocycles. The normalized spacial score (nSPS) is 13.6. The van der Waals surface area contributed by atoms with E-state index in [1.165, 1.54) is 12.3 Å². The van der Waals surface area contributed by atoms with Crippen molar-refractivity contribution in [3.05, 3.63) is 82.8 Å². The van der Waals surface area contributed by atoms with E-state index in [1.807, 2.05) is 12.1 Å². The number of aromatic nitrogens is 2. The number of pyridine rings is 2. The van der Waals surface area contributed by atoms with Crippen LogP contribution < -0.4 is 0 Å². The highest BCUT2D eigenvalue weighted by atomic mass is 19.1. The second-order valence-corrected chi connectivity index (χ2v) is 6.70. The van der Waals surface area contributed by atoms with Crippen LogP contribution in [0.4, 0.5) is 8.78 Å². The number of hydrogen-bond acceptors (Lipinski definition) is 3. The molecule has 1 N–H and O–H groups in total. The van der Waals surface area contributed by atoms with Gasteiger partial charge < -0.3 is 5.11 Å². The summed E-state index contributed by atoms with van der Waals surface area (Å²) in [6, 6.07) is 8.78. The molecule has 4 rings (SSSR count). The predicted octanol–water partition coefficient (Wildman–Crippen LogP) is 4.59. The number of carboxylic acid groups (broad SMARTS) is 1. The van der Waals surface area contributed by atoms with Crippen LogP contribution in [0.3, 0.4) is 0 Å². The zero-order chi connectivity index (χ0) is 19.0. The molecule has 0 unspecified atom stereocenters. The van der Waals surface area contributed by atoms with Crippen molar-refractivity contribution in [1.82, 2.24) is 9.97 Å². The molecule has 3 aromatic rings. The minimum absolute atomic E-state index is 0.165. The molecule has 1 aromatic carbocycles. The number of carbonyl (C=O) groups is 1. The zero-order valence-electron chi connectivity index (χ0n) is 14.3. The van der Waals surface area contributed by atoms with E-state index in [9.17, 15) is 18.7 Å². The Bertz CT molecular complexity index is 995. The quantitative estimate of drug-likeness (QED) is 0.717. The number of carboxylic acids is 1. The van der Waals surface area contributed by atoms with E-state index in [1.54, 1.807) is 12.1 Å². The van der Waals surface area contributed by atoms with Gasteiger partial charge >= 0.3 is 5.97 Å². The lowest BCUT2D eigenvalue weighted by atomic mass is 9.96. The van der Waals surface area contributed by atoms with Gasteiger partial charge in [0.2, 0.25) is 0 Å². The van der Waals surface area contributed by atoms with Gasteiger partial charge in [0, 0.05) is 6.20 Å². The summed E-state index contributed by atoms with van der Waals surface area (Å²) in [5.41, 5.74) is 2.73. The monoisotopic (exact) mass is 366 g/mol. The Hall–Kier alpha value is -3.15. The maximum Gasteiger partial charge on any atom is 0.335 e. The molecule has 2 aromatic heterocycles. The molecule has 2 heterocycles. The minimum Gasteiger partial charge on any atom is -0.478 e. The molecule has 1 aliphatic carbocycles. The fourth-order valence-electron chi connectivity index (χ4n) is 3.17. The van der Waals surface area contributed by atoms with Crippen LogP contribution in [0.15, 0.2) is 48.9 Å². The Morgan fingerprint density at radius 3 is 2.41 bits per heavy atom. The molecule has 0 radical (unpaired) electrons. The number of hydrogen-bond donors (Lipinski definition) is 1. The first kappa shape index (κ1) is 17.3. The lowest BCUT2D eigenvalue weighted by molar-refractivity contribution is 0.0695. The van der Waals surface area contributed by atoms with E-state index in [0.717, 1.165) is 36.4 Å². The molecule has 0 aliphatic heterocycles. The Kier molecular flexibility index (Phi) is 4.39. The molecule has 0 bridgehead atoms. The molecule has 1 fully saturated rings. The summed E-state index contributed by atoms with van der Waals surface area (Å²) in [5.74, 6) is -2.04. The van der Waals surface area contributed by atoms with E-state index in [2.05, 4.69) is 9.97 Å². The fourth-order valence-corrected chi connectivity index (χ4v) is 3.17. The summed E-state index contributed by atoms with van der Waals surface area (Å²) in [6.45, 7) is 0. The van der Waals surface area contributed by atoms with Crippen molar-refractivity contribution >= 4 is 5.97 Å². The number of aromatic carboxylic acids is 1. The van der Waals surface area contributed by atoms with Crippen LogP contribution >= 0.6 is 0 Å². The molecule has 136 valence electrons. The van der Waals surface area contributed by atoms with Crippen molar-refractivity contribution in [2.75, 3.05) is 0 Å². The molecule has 0 saturated heterocycles. The van der Waals surface area contributed by atoms with Gasteiger partial charge in [-0.15, -0.1) is 0 Å². The molecule has 27 heavy (non-hydrogen) atoms. The van der Waals surface area contributed by atoms with Gasteiger partial charge in [-0.2, -0.15) is 0 Å². The second kappa shape index (κ2) is 6.87. The van der Waals surface area contributed by atoms with Crippen molar-refractivity contribution < 1.29 is 18.7 Å². The van der Waals surface area contributed by atoms with Gasteiger partial charge in [0.1, 0.15) is 0 Å². The number of benzene rings is 1. The van der Waals surface area contributed by atoms with Crippen LogP contribution in [-0.4, -0.2) is 21.0 Å². The Morgan fingerprint density at radius 1 is 1.07 bits per heavy atom. The second-order valence-electron chi connectivity index (χ2n) is 6.70. The van der Waals surface area contributed by atoms with E-state index in [0.29, 0.717) is 17.9 Å². The molecule has 0 amide bonds. The van der Waals surface area contributed by atoms with E-state index < -0.39 is 17.6 Å². The predicted molar refractivity (Wildman–Crippen MR) is 95.6 cm³/mol. The zero-order valence-corrected chi connectivity index (χ0v) is 14.3. The third-order valence-electron chi connectivity index (χ3n) is 4.74. The third kappa shape index (κ3) is 3.56. The smallest absolute Gasteiger partial charge is 0.335 e. The first-order valence-electron chi connectivity index (χ1n) is 8.63. The Balaban J connectivity index is 1.61. The van der Waals surface area contributed by atoms with Crippen molar-refractivity contribution in [2.45, 2.75) is 25.2 Å². The standard InChI is InChI=1S/C21H16F2N2O2/c22-17-10-24-11-18(23)20(17)19-6-1-12(9-25-19)7-15-5-4-14(13-2-3-13)8-16(15)21(26)27/h1,4-6,8-11,13H,2-3,7H2,(H,26,27). The van der Waals surface area contributed by atoms with E-state index >= 15 is 0 Å². The third-order valence-corrected chi connectivity index (χ3v) is 4.74. The summed E-state index contributed by atoms with van der Waals surface area (Å²) >= 11 is 0. The van der Waals surface area contributed by atoms with Crippen LogP contribution in [-0.2, 0) is 6.42 Å². The summed E-state index contributed by atoms with van der Waals surface area (Å²) in [4.78, 5) is 19.2. The largest absolute Gasteiger partial charge is 0.478 e. The van der Waals surface area contributed by atoms with Crippen LogP contribution in [0, 0.1) is 11.6 Å².